The van der Waals surface area contributed by atoms with Gasteiger partial charge in [-0.05, 0) is 0 Å². The minimum atomic E-state index is -1.54. The molecule has 0 aliphatic rings. The first-order valence-corrected chi connectivity index (χ1v) is 4.34. The molecule has 0 bridgehead atoms. The molecule has 0 heterocycles. The Morgan fingerprint density at radius 1 is 1.36 bits per heavy atom. The molecule has 1 atom stereocenters. The quantitative estimate of drug-likeness (QED) is 0.424. The third-order valence-corrected chi connectivity index (χ3v) is 1.45. The van der Waals surface area contributed by atoms with Gasteiger partial charge in [-0.1, -0.05) is 13.8 Å². The Morgan fingerprint density at radius 2 is 1.93 bits per heavy atom. The predicted octanol–water partition coefficient (Wildman–Crippen LogP) is -1.45. The van der Waals surface area contributed by atoms with Crippen LogP contribution in [0.5, 0.6) is 0 Å². The van der Waals surface area contributed by atoms with E-state index in [1.807, 2.05) is 13.8 Å². The Bertz CT molecular complexity index is 206. The molecule has 0 aliphatic carbocycles. The average molecular weight is 204 g/mol. The second-order valence-corrected chi connectivity index (χ2v) is 3.19. The second kappa shape index (κ2) is 6.33. The molecule has 0 spiro atoms. The molecule has 82 valence electrons. The van der Waals surface area contributed by atoms with Gasteiger partial charge < -0.3 is 20.8 Å². The molecule has 0 radical (unpaired) electrons. The number of rotatable bonds is 6. The summed E-state index contributed by atoms with van der Waals surface area (Å²) in [7, 11) is 0. The fourth-order valence-electron chi connectivity index (χ4n) is 0.657. The van der Waals surface area contributed by atoms with Crippen LogP contribution >= 0.6 is 0 Å². The van der Waals surface area contributed by atoms with Gasteiger partial charge in [-0.25, -0.2) is 4.79 Å². The molecule has 6 nitrogen and oxygen atoms in total. The van der Waals surface area contributed by atoms with E-state index in [0.29, 0.717) is 0 Å². The summed E-state index contributed by atoms with van der Waals surface area (Å²) in [6, 6.07) is 0.185. The van der Waals surface area contributed by atoms with Crippen molar-refractivity contribution in [3.05, 3.63) is 0 Å². The number of aliphatic hydroxyl groups excluding tert-OH is 1. The molecule has 14 heavy (non-hydrogen) atoms. The normalized spacial score (nSPS) is 12.6. The lowest BCUT2D eigenvalue weighted by Crippen LogP contribution is -2.41. The molecule has 0 fully saturated rings. The number of carboxylic acid groups (broad SMARTS) is 1. The molecule has 0 rings (SSSR count). The first-order valence-electron chi connectivity index (χ1n) is 4.34. The largest absolute Gasteiger partial charge is 0.479 e. The van der Waals surface area contributed by atoms with Crippen molar-refractivity contribution in [2.75, 3.05) is 13.1 Å². The smallest absolute Gasteiger partial charge is 0.334 e. The summed E-state index contributed by atoms with van der Waals surface area (Å²) >= 11 is 0. The summed E-state index contributed by atoms with van der Waals surface area (Å²) in [6.07, 6.45) is -1.54. The summed E-state index contributed by atoms with van der Waals surface area (Å²) in [4.78, 5) is 21.2. The summed E-state index contributed by atoms with van der Waals surface area (Å²) < 4.78 is 0. The number of hydrogen-bond acceptors (Lipinski definition) is 4. The minimum Gasteiger partial charge on any atom is -0.479 e. The Kier molecular flexibility index (Phi) is 5.82. The highest BCUT2D eigenvalue weighted by atomic mass is 16.4. The maximum Gasteiger partial charge on any atom is 0.334 e. The zero-order valence-electron chi connectivity index (χ0n) is 8.28. The van der Waals surface area contributed by atoms with E-state index < -0.39 is 12.1 Å². The van der Waals surface area contributed by atoms with Crippen LogP contribution < -0.4 is 10.6 Å². The van der Waals surface area contributed by atoms with Crippen LogP contribution in [0.15, 0.2) is 0 Å². The highest BCUT2D eigenvalue weighted by Gasteiger charge is 2.13. The lowest BCUT2D eigenvalue weighted by atomic mass is 10.3. The van der Waals surface area contributed by atoms with Crippen LogP contribution in [-0.2, 0) is 9.59 Å². The van der Waals surface area contributed by atoms with Crippen molar-refractivity contribution in [3.63, 3.8) is 0 Å². The summed E-state index contributed by atoms with van der Waals surface area (Å²) in [5.74, 6) is -1.68. The van der Waals surface area contributed by atoms with Crippen molar-refractivity contribution in [3.8, 4) is 0 Å². The third-order valence-electron chi connectivity index (χ3n) is 1.45. The summed E-state index contributed by atoms with van der Waals surface area (Å²) in [6.45, 7) is 3.62. The van der Waals surface area contributed by atoms with Gasteiger partial charge in [0.15, 0.2) is 6.10 Å². The molecule has 0 unspecified atom stereocenters. The van der Waals surface area contributed by atoms with Gasteiger partial charge in [0.2, 0.25) is 5.91 Å². The zero-order chi connectivity index (χ0) is 11.1. The van der Waals surface area contributed by atoms with Gasteiger partial charge in [0.05, 0.1) is 13.1 Å². The molecule has 0 saturated carbocycles. The van der Waals surface area contributed by atoms with Gasteiger partial charge in [-0.15, -0.1) is 0 Å². The molecular weight excluding hydrogens is 188 g/mol. The van der Waals surface area contributed by atoms with Crippen LogP contribution in [0.4, 0.5) is 0 Å². The molecule has 0 aromatic carbocycles. The fraction of sp³-hybridized carbons (Fsp3) is 0.750. The zero-order valence-corrected chi connectivity index (χ0v) is 8.28. The van der Waals surface area contributed by atoms with E-state index in [2.05, 4.69) is 10.6 Å². The number of nitrogens with one attached hydrogen (secondary N) is 2. The maximum atomic E-state index is 11.0. The van der Waals surface area contributed by atoms with E-state index in [4.69, 9.17) is 10.2 Å². The Hall–Kier alpha value is -1.14. The van der Waals surface area contributed by atoms with Gasteiger partial charge in [0, 0.05) is 6.04 Å². The number of hydrogen-bond donors (Lipinski definition) is 4. The third kappa shape index (κ3) is 6.38. The van der Waals surface area contributed by atoms with Gasteiger partial charge in [-0.3, -0.25) is 4.79 Å². The van der Waals surface area contributed by atoms with Crippen molar-refractivity contribution >= 4 is 11.9 Å². The molecule has 0 aliphatic heterocycles. The van der Waals surface area contributed by atoms with Crippen LogP contribution in [0.3, 0.4) is 0 Å². The van der Waals surface area contributed by atoms with Crippen LogP contribution in [-0.4, -0.2) is 47.3 Å². The lowest BCUT2D eigenvalue weighted by Gasteiger charge is -2.10. The molecule has 1 amide bonds. The predicted molar refractivity (Wildman–Crippen MR) is 49.8 cm³/mol. The Labute approximate surface area is 82.3 Å². The van der Waals surface area contributed by atoms with Crippen molar-refractivity contribution in [1.82, 2.24) is 10.6 Å². The molecule has 0 saturated heterocycles. The second-order valence-electron chi connectivity index (χ2n) is 3.19. The van der Waals surface area contributed by atoms with Crippen molar-refractivity contribution < 1.29 is 19.8 Å². The number of carboxylic acids is 1. The first kappa shape index (κ1) is 12.9. The van der Waals surface area contributed by atoms with E-state index >= 15 is 0 Å². The van der Waals surface area contributed by atoms with E-state index in [9.17, 15) is 9.59 Å². The monoisotopic (exact) mass is 204 g/mol. The maximum absolute atomic E-state index is 11.0. The standard InChI is InChI=1S/C8H16N2O4/c1-5(2)9-4-7(12)10-3-6(11)8(13)14/h5-6,9,11H,3-4H2,1-2H3,(H,10,12)(H,13,14)/t6-/m0/s1. The van der Waals surface area contributed by atoms with Gasteiger partial charge in [-0.2, -0.15) is 0 Å². The molecule has 0 aromatic rings. The van der Waals surface area contributed by atoms with E-state index in [0.717, 1.165) is 0 Å². The van der Waals surface area contributed by atoms with Gasteiger partial charge >= 0.3 is 5.97 Å². The van der Waals surface area contributed by atoms with E-state index in [1.165, 1.54) is 0 Å². The number of carbonyl (C=O) groups excluding carboxylic acids is 1. The summed E-state index contributed by atoms with van der Waals surface area (Å²) in [5, 5.41) is 22.3. The van der Waals surface area contributed by atoms with E-state index in [1.54, 1.807) is 0 Å². The van der Waals surface area contributed by atoms with Crippen molar-refractivity contribution in [2.45, 2.75) is 26.0 Å². The Balaban J connectivity index is 3.59. The molecular formula is C8H16N2O4. The van der Waals surface area contributed by atoms with Gasteiger partial charge in [0.1, 0.15) is 0 Å². The van der Waals surface area contributed by atoms with Crippen LogP contribution in [0.2, 0.25) is 0 Å². The number of aliphatic carboxylic acids is 1. The van der Waals surface area contributed by atoms with Crippen molar-refractivity contribution in [1.29, 1.82) is 0 Å². The number of aliphatic hydroxyl groups is 1. The molecule has 4 N–H and O–H groups in total. The van der Waals surface area contributed by atoms with Crippen LogP contribution in [0, 0.1) is 0 Å². The lowest BCUT2D eigenvalue weighted by molar-refractivity contribution is -0.146. The average Bonchev–Trinajstić information content (AvgIpc) is 2.10. The summed E-state index contributed by atoms with van der Waals surface area (Å²) in [5.41, 5.74) is 0. The topological polar surface area (TPSA) is 98.7 Å². The fourth-order valence-corrected chi connectivity index (χ4v) is 0.657. The highest BCUT2D eigenvalue weighted by molar-refractivity contribution is 5.79. The SMILES string of the molecule is CC(C)NCC(=O)NC[C@H](O)C(=O)O. The highest BCUT2D eigenvalue weighted by Crippen LogP contribution is 1.80. The van der Waals surface area contributed by atoms with Crippen LogP contribution in [0.1, 0.15) is 13.8 Å². The number of amides is 1. The molecule has 6 heteroatoms. The molecule has 0 aromatic heterocycles. The Morgan fingerprint density at radius 3 is 2.36 bits per heavy atom. The number of carbonyl (C=O) groups is 2. The van der Waals surface area contributed by atoms with E-state index in [-0.39, 0.29) is 25.0 Å². The van der Waals surface area contributed by atoms with Gasteiger partial charge in [0.25, 0.3) is 0 Å². The minimum absolute atomic E-state index is 0.115. The first-order chi connectivity index (χ1) is 6.43. The van der Waals surface area contributed by atoms with Crippen LogP contribution in [0.25, 0.3) is 0 Å². The van der Waals surface area contributed by atoms with Crippen molar-refractivity contribution in [2.24, 2.45) is 0 Å².